The summed E-state index contributed by atoms with van der Waals surface area (Å²) in [5.41, 5.74) is 0. The number of ether oxygens (including phenoxy) is 1. The van der Waals surface area contributed by atoms with Crippen LogP contribution in [0.15, 0.2) is 5.16 Å². The van der Waals surface area contributed by atoms with Gasteiger partial charge in [0.25, 0.3) is 0 Å². The molecule has 0 amide bonds. The van der Waals surface area contributed by atoms with Gasteiger partial charge in [0.2, 0.25) is 0 Å². The van der Waals surface area contributed by atoms with Gasteiger partial charge >= 0.3 is 5.97 Å². The summed E-state index contributed by atoms with van der Waals surface area (Å²) in [5.74, 6) is 0.142. The van der Waals surface area contributed by atoms with Crippen LogP contribution in [0.1, 0.15) is 38.1 Å². The lowest BCUT2D eigenvalue weighted by Gasteiger charge is -2.10. The number of rotatable bonds is 8. The first-order valence-electron chi connectivity index (χ1n) is 6.43. The van der Waals surface area contributed by atoms with Crippen LogP contribution in [0.25, 0.3) is 0 Å². The highest BCUT2D eigenvalue weighted by molar-refractivity contribution is 7.99. The Morgan fingerprint density at radius 2 is 2.32 bits per heavy atom. The molecule has 0 spiro atoms. The number of nitrogens with zero attached hydrogens (tertiary/aromatic N) is 3. The minimum Gasteiger partial charge on any atom is -0.481 e. The molecule has 1 aromatic rings. The van der Waals surface area contributed by atoms with Crippen molar-refractivity contribution >= 4 is 17.7 Å². The van der Waals surface area contributed by atoms with Crippen LogP contribution in [0.5, 0.6) is 0 Å². The van der Waals surface area contributed by atoms with Crippen molar-refractivity contribution < 1.29 is 14.6 Å². The maximum atomic E-state index is 10.6. The van der Waals surface area contributed by atoms with Crippen molar-refractivity contribution in [1.29, 1.82) is 0 Å². The smallest absolute Gasteiger partial charge is 0.313 e. The quantitative estimate of drug-likeness (QED) is 0.733. The second-order valence-corrected chi connectivity index (χ2v) is 5.71. The maximum Gasteiger partial charge on any atom is 0.313 e. The van der Waals surface area contributed by atoms with Crippen LogP contribution in [0.2, 0.25) is 0 Å². The van der Waals surface area contributed by atoms with Crippen LogP contribution >= 0.6 is 11.8 Å². The van der Waals surface area contributed by atoms with Gasteiger partial charge in [0, 0.05) is 19.6 Å². The molecule has 1 aromatic heterocycles. The molecule has 0 saturated heterocycles. The van der Waals surface area contributed by atoms with Crippen molar-refractivity contribution in [3.8, 4) is 0 Å². The third-order valence-electron chi connectivity index (χ3n) is 3.15. The van der Waals surface area contributed by atoms with Crippen LogP contribution in [-0.2, 0) is 16.0 Å². The SMILES string of the molecule is COC(C)CCc1nnc(SCC(=O)O)n1C1CC1. The summed E-state index contributed by atoms with van der Waals surface area (Å²) >= 11 is 1.24. The van der Waals surface area contributed by atoms with Crippen LogP contribution < -0.4 is 0 Å². The monoisotopic (exact) mass is 285 g/mol. The second kappa shape index (κ2) is 6.38. The molecule has 1 aliphatic carbocycles. The van der Waals surface area contributed by atoms with E-state index in [4.69, 9.17) is 9.84 Å². The van der Waals surface area contributed by atoms with E-state index in [1.165, 1.54) is 11.8 Å². The molecule has 1 fully saturated rings. The standard InChI is InChI=1S/C12H19N3O3S/c1-8(18-2)3-6-10-13-14-12(19-7-11(16)17)15(10)9-4-5-9/h8-9H,3-7H2,1-2H3,(H,16,17). The van der Waals surface area contributed by atoms with Gasteiger partial charge in [0.05, 0.1) is 11.9 Å². The van der Waals surface area contributed by atoms with Crippen molar-refractivity contribution in [3.05, 3.63) is 5.82 Å². The van der Waals surface area contributed by atoms with Crippen molar-refractivity contribution in [2.24, 2.45) is 0 Å². The minimum atomic E-state index is -0.829. The molecule has 106 valence electrons. The summed E-state index contributed by atoms with van der Waals surface area (Å²) in [6.45, 7) is 2.03. The molecular formula is C12H19N3O3S. The molecule has 0 bridgehead atoms. The third-order valence-corrected chi connectivity index (χ3v) is 4.08. The van der Waals surface area contributed by atoms with E-state index in [0.29, 0.717) is 6.04 Å². The van der Waals surface area contributed by atoms with E-state index in [0.717, 1.165) is 36.7 Å². The summed E-state index contributed by atoms with van der Waals surface area (Å²) in [7, 11) is 1.70. The highest BCUT2D eigenvalue weighted by Gasteiger charge is 2.29. The largest absolute Gasteiger partial charge is 0.481 e. The first kappa shape index (κ1) is 14.3. The van der Waals surface area contributed by atoms with Crippen molar-refractivity contribution in [3.63, 3.8) is 0 Å². The van der Waals surface area contributed by atoms with Gasteiger partial charge in [-0.25, -0.2) is 0 Å². The molecule has 0 radical (unpaired) electrons. The van der Waals surface area contributed by atoms with E-state index >= 15 is 0 Å². The molecule has 1 unspecified atom stereocenters. The third kappa shape index (κ3) is 3.94. The van der Waals surface area contributed by atoms with Gasteiger partial charge in [0.1, 0.15) is 5.82 Å². The first-order valence-corrected chi connectivity index (χ1v) is 7.41. The molecule has 1 heterocycles. The molecule has 1 aliphatic rings. The Labute approximate surface area is 116 Å². The van der Waals surface area contributed by atoms with Gasteiger partial charge in [-0.15, -0.1) is 10.2 Å². The Morgan fingerprint density at radius 3 is 2.89 bits per heavy atom. The van der Waals surface area contributed by atoms with Gasteiger partial charge < -0.3 is 14.4 Å². The number of carboxylic acids is 1. The van der Waals surface area contributed by atoms with Gasteiger partial charge in [-0.3, -0.25) is 4.79 Å². The lowest BCUT2D eigenvalue weighted by Crippen LogP contribution is -2.10. The van der Waals surface area contributed by atoms with Crippen LogP contribution in [-0.4, -0.2) is 44.8 Å². The molecular weight excluding hydrogens is 266 g/mol. The molecule has 1 atom stereocenters. The highest BCUT2D eigenvalue weighted by atomic mass is 32.2. The van der Waals surface area contributed by atoms with Gasteiger partial charge in [-0.1, -0.05) is 11.8 Å². The number of aryl methyl sites for hydroxylation is 1. The predicted molar refractivity (Wildman–Crippen MR) is 71.4 cm³/mol. The van der Waals surface area contributed by atoms with Crippen molar-refractivity contribution in [2.45, 2.75) is 49.9 Å². The second-order valence-electron chi connectivity index (χ2n) is 4.77. The molecule has 1 saturated carbocycles. The highest BCUT2D eigenvalue weighted by Crippen LogP contribution is 2.38. The molecule has 0 aromatic carbocycles. The van der Waals surface area contributed by atoms with E-state index in [9.17, 15) is 4.79 Å². The number of aromatic nitrogens is 3. The Morgan fingerprint density at radius 1 is 1.58 bits per heavy atom. The number of aliphatic carboxylic acids is 1. The normalized spacial score (nSPS) is 16.5. The van der Waals surface area contributed by atoms with E-state index < -0.39 is 5.97 Å². The molecule has 2 rings (SSSR count). The summed E-state index contributed by atoms with van der Waals surface area (Å²) in [6.07, 6.45) is 4.16. The molecule has 19 heavy (non-hydrogen) atoms. The predicted octanol–water partition coefficient (Wildman–Crippen LogP) is 1.76. The Hall–Kier alpha value is -1.08. The number of thioether (sulfide) groups is 1. The van der Waals surface area contributed by atoms with Crippen LogP contribution in [0.3, 0.4) is 0 Å². The first-order chi connectivity index (χ1) is 9.11. The van der Waals surface area contributed by atoms with Gasteiger partial charge in [-0.2, -0.15) is 0 Å². The summed E-state index contributed by atoms with van der Waals surface area (Å²) in [4.78, 5) is 10.6. The Balaban J connectivity index is 2.04. The number of carbonyl (C=O) groups is 1. The topological polar surface area (TPSA) is 77.2 Å². The van der Waals surface area contributed by atoms with Crippen LogP contribution in [0.4, 0.5) is 0 Å². The number of methoxy groups -OCH3 is 1. The van der Waals surface area contributed by atoms with Crippen molar-refractivity contribution in [1.82, 2.24) is 14.8 Å². The minimum absolute atomic E-state index is 0.0271. The number of hydrogen-bond acceptors (Lipinski definition) is 5. The molecule has 7 heteroatoms. The van der Waals surface area contributed by atoms with E-state index in [-0.39, 0.29) is 11.9 Å². The van der Waals surface area contributed by atoms with Gasteiger partial charge in [0.15, 0.2) is 5.16 Å². The molecule has 1 N–H and O–H groups in total. The van der Waals surface area contributed by atoms with Crippen molar-refractivity contribution in [2.75, 3.05) is 12.9 Å². The average Bonchev–Trinajstić information content (AvgIpc) is 3.14. The van der Waals surface area contributed by atoms with E-state index in [1.54, 1.807) is 7.11 Å². The lowest BCUT2D eigenvalue weighted by molar-refractivity contribution is -0.133. The Kier molecular flexibility index (Phi) is 4.81. The van der Waals surface area contributed by atoms with E-state index in [2.05, 4.69) is 14.8 Å². The lowest BCUT2D eigenvalue weighted by atomic mass is 10.2. The summed E-state index contributed by atoms with van der Waals surface area (Å²) < 4.78 is 7.34. The van der Waals surface area contributed by atoms with E-state index in [1.807, 2.05) is 6.92 Å². The fourth-order valence-electron chi connectivity index (χ4n) is 1.85. The maximum absolute atomic E-state index is 10.6. The fourth-order valence-corrected chi connectivity index (χ4v) is 2.60. The van der Waals surface area contributed by atoms with Crippen LogP contribution in [0, 0.1) is 0 Å². The fraction of sp³-hybridized carbons (Fsp3) is 0.750. The average molecular weight is 285 g/mol. The molecule has 0 aliphatic heterocycles. The summed E-state index contributed by atoms with van der Waals surface area (Å²) in [6, 6.07) is 0.458. The molecule has 6 nitrogen and oxygen atoms in total. The zero-order valence-corrected chi connectivity index (χ0v) is 12.0. The summed E-state index contributed by atoms with van der Waals surface area (Å²) in [5, 5.41) is 17.8. The zero-order valence-electron chi connectivity index (χ0n) is 11.2. The zero-order chi connectivity index (χ0) is 13.8. The number of hydrogen-bond donors (Lipinski definition) is 1. The number of carboxylic acid groups (broad SMARTS) is 1. The Bertz CT molecular complexity index is 445. The van der Waals surface area contributed by atoms with Gasteiger partial charge in [-0.05, 0) is 26.2 Å².